The molecule has 122 valence electrons. The lowest BCUT2D eigenvalue weighted by molar-refractivity contribution is 0.0709. The molecule has 1 amide bonds. The maximum Gasteiger partial charge on any atom is 0.257 e. The molecule has 4 rings (SSSR count). The van der Waals surface area contributed by atoms with Gasteiger partial charge in [-0.15, -0.1) is 0 Å². The van der Waals surface area contributed by atoms with Gasteiger partial charge in [-0.05, 0) is 49.1 Å². The molecule has 23 heavy (non-hydrogen) atoms. The monoisotopic (exact) mass is 311 g/mol. The van der Waals surface area contributed by atoms with Crippen molar-refractivity contribution in [2.24, 2.45) is 10.8 Å². The number of furan rings is 1. The molecule has 0 spiro atoms. The predicted octanol–water partition coefficient (Wildman–Crippen LogP) is 4.78. The maximum atomic E-state index is 13.2. The van der Waals surface area contributed by atoms with Crippen LogP contribution >= 0.6 is 0 Å². The summed E-state index contributed by atoms with van der Waals surface area (Å²) in [6.45, 7) is 9.81. The van der Waals surface area contributed by atoms with Crippen LogP contribution in [0.2, 0.25) is 0 Å². The number of benzene rings is 1. The zero-order valence-electron chi connectivity index (χ0n) is 14.5. The lowest BCUT2D eigenvalue weighted by Gasteiger charge is -2.39. The molecule has 1 saturated carbocycles. The van der Waals surface area contributed by atoms with Gasteiger partial charge in [0.05, 0.1) is 5.56 Å². The highest BCUT2D eigenvalue weighted by Crippen LogP contribution is 2.52. The number of carbonyl (C=O) groups is 1. The summed E-state index contributed by atoms with van der Waals surface area (Å²) in [4.78, 5) is 15.3. The third kappa shape index (κ3) is 2.37. The number of para-hydroxylation sites is 1. The van der Waals surface area contributed by atoms with Crippen molar-refractivity contribution in [2.75, 3.05) is 6.54 Å². The van der Waals surface area contributed by atoms with Gasteiger partial charge in [-0.3, -0.25) is 4.79 Å². The predicted molar refractivity (Wildman–Crippen MR) is 91.5 cm³/mol. The van der Waals surface area contributed by atoms with Gasteiger partial charge in [0.25, 0.3) is 5.91 Å². The summed E-state index contributed by atoms with van der Waals surface area (Å²) < 4.78 is 5.81. The highest BCUT2D eigenvalue weighted by atomic mass is 16.3. The average Bonchev–Trinajstić information content (AvgIpc) is 2.92. The second kappa shape index (κ2) is 4.62. The van der Waals surface area contributed by atoms with Crippen LogP contribution in [0.5, 0.6) is 0 Å². The maximum absolute atomic E-state index is 13.2. The van der Waals surface area contributed by atoms with Crippen LogP contribution in [-0.4, -0.2) is 23.4 Å². The molecular weight excluding hydrogens is 286 g/mol. The van der Waals surface area contributed by atoms with Crippen LogP contribution in [0.3, 0.4) is 0 Å². The summed E-state index contributed by atoms with van der Waals surface area (Å²) >= 11 is 0. The Balaban J connectivity index is 1.72. The molecule has 2 aliphatic rings. The second-order valence-electron chi connectivity index (χ2n) is 8.73. The third-order valence-corrected chi connectivity index (χ3v) is 5.57. The number of nitrogens with zero attached hydrogens (tertiary/aromatic N) is 1. The number of likely N-dealkylation sites (tertiary alicyclic amines) is 1. The minimum absolute atomic E-state index is 0.136. The molecule has 2 bridgehead atoms. The summed E-state index contributed by atoms with van der Waals surface area (Å²) in [5, 5.41) is 1.02. The van der Waals surface area contributed by atoms with Crippen molar-refractivity contribution in [3.63, 3.8) is 0 Å². The fourth-order valence-electron chi connectivity index (χ4n) is 5.21. The quantitative estimate of drug-likeness (QED) is 0.759. The topological polar surface area (TPSA) is 33.5 Å². The van der Waals surface area contributed by atoms with Gasteiger partial charge < -0.3 is 9.32 Å². The summed E-state index contributed by atoms with van der Waals surface area (Å²) in [5.74, 6) is 0.991. The van der Waals surface area contributed by atoms with E-state index in [1.54, 1.807) is 0 Å². The average molecular weight is 311 g/mol. The van der Waals surface area contributed by atoms with Crippen molar-refractivity contribution in [2.45, 2.75) is 53.0 Å². The fourth-order valence-corrected chi connectivity index (χ4v) is 5.21. The lowest BCUT2D eigenvalue weighted by Crippen LogP contribution is -2.37. The number of carbonyl (C=O) groups excluding carboxylic acids is 1. The SMILES string of the molecule is Cc1cc2cccc(C(=O)N3CC4(C)CC3CC(C)(C)C4)c2o1. The van der Waals surface area contributed by atoms with E-state index >= 15 is 0 Å². The Morgan fingerprint density at radius 2 is 2.04 bits per heavy atom. The van der Waals surface area contributed by atoms with Crippen molar-refractivity contribution >= 4 is 16.9 Å². The van der Waals surface area contributed by atoms with E-state index in [4.69, 9.17) is 4.42 Å². The number of hydrogen-bond acceptors (Lipinski definition) is 2. The molecule has 3 heteroatoms. The van der Waals surface area contributed by atoms with Crippen molar-refractivity contribution in [1.82, 2.24) is 4.90 Å². The van der Waals surface area contributed by atoms with Crippen LogP contribution < -0.4 is 0 Å². The van der Waals surface area contributed by atoms with E-state index in [9.17, 15) is 4.79 Å². The smallest absolute Gasteiger partial charge is 0.257 e. The third-order valence-electron chi connectivity index (χ3n) is 5.57. The normalized spacial score (nSPS) is 29.2. The van der Waals surface area contributed by atoms with Crippen LogP contribution in [0, 0.1) is 17.8 Å². The van der Waals surface area contributed by atoms with Crippen LogP contribution in [0.15, 0.2) is 28.7 Å². The van der Waals surface area contributed by atoms with E-state index in [0.29, 0.717) is 17.0 Å². The standard InChI is InChI=1S/C20H25NO2/c1-13-8-14-6-5-7-16(17(14)23-13)18(22)21-12-20(4)10-15(21)9-19(2,3)11-20/h5-8,15H,9-12H2,1-4H3. The van der Waals surface area contributed by atoms with Gasteiger partial charge in [0.2, 0.25) is 0 Å². The van der Waals surface area contributed by atoms with E-state index < -0.39 is 0 Å². The first-order valence-corrected chi connectivity index (χ1v) is 8.57. The van der Waals surface area contributed by atoms with Crippen molar-refractivity contribution < 1.29 is 9.21 Å². The van der Waals surface area contributed by atoms with Gasteiger partial charge in [0, 0.05) is 18.0 Å². The molecule has 2 atom stereocenters. The highest BCUT2D eigenvalue weighted by Gasteiger charge is 2.51. The van der Waals surface area contributed by atoms with Crippen molar-refractivity contribution in [3.05, 3.63) is 35.6 Å². The first-order valence-electron chi connectivity index (χ1n) is 8.57. The molecule has 1 aromatic heterocycles. The zero-order chi connectivity index (χ0) is 16.4. The van der Waals surface area contributed by atoms with E-state index in [0.717, 1.165) is 36.1 Å². The van der Waals surface area contributed by atoms with Gasteiger partial charge in [-0.2, -0.15) is 0 Å². The van der Waals surface area contributed by atoms with E-state index in [1.165, 1.54) is 6.42 Å². The Hall–Kier alpha value is -1.77. The molecular formula is C20H25NO2. The number of aryl methyl sites for hydroxylation is 1. The number of amides is 1. The fraction of sp³-hybridized carbons (Fsp3) is 0.550. The van der Waals surface area contributed by atoms with Gasteiger partial charge in [-0.25, -0.2) is 0 Å². The second-order valence-corrected chi connectivity index (χ2v) is 8.73. The molecule has 2 fully saturated rings. The Morgan fingerprint density at radius 3 is 2.83 bits per heavy atom. The van der Waals surface area contributed by atoms with Gasteiger partial charge in [0.1, 0.15) is 11.3 Å². The molecule has 2 aromatic rings. The number of fused-ring (bicyclic) bond motifs is 3. The van der Waals surface area contributed by atoms with Gasteiger partial charge >= 0.3 is 0 Å². The lowest BCUT2D eigenvalue weighted by atomic mass is 9.65. The van der Waals surface area contributed by atoms with Gasteiger partial charge in [-0.1, -0.05) is 32.9 Å². The summed E-state index contributed by atoms with van der Waals surface area (Å²) in [7, 11) is 0. The summed E-state index contributed by atoms with van der Waals surface area (Å²) in [6.07, 6.45) is 3.43. The summed E-state index contributed by atoms with van der Waals surface area (Å²) in [6, 6.07) is 8.23. The van der Waals surface area contributed by atoms with E-state index in [2.05, 4.69) is 25.7 Å². The van der Waals surface area contributed by atoms with Crippen LogP contribution in [-0.2, 0) is 0 Å². The minimum Gasteiger partial charge on any atom is -0.461 e. The zero-order valence-corrected chi connectivity index (χ0v) is 14.5. The molecule has 1 aliphatic heterocycles. The highest BCUT2D eigenvalue weighted by molar-refractivity contribution is 6.05. The molecule has 0 N–H and O–H groups in total. The van der Waals surface area contributed by atoms with Crippen LogP contribution in [0.1, 0.15) is 56.2 Å². The Morgan fingerprint density at radius 1 is 1.26 bits per heavy atom. The van der Waals surface area contributed by atoms with Crippen molar-refractivity contribution in [3.8, 4) is 0 Å². The first kappa shape index (κ1) is 14.8. The largest absolute Gasteiger partial charge is 0.461 e. The molecule has 2 unspecified atom stereocenters. The van der Waals surface area contributed by atoms with Gasteiger partial charge in [0.15, 0.2) is 0 Å². The molecule has 1 aliphatic carbocycles. The van der Waals surface area contributed by atoms with Crippen molar-refractivity contribution in [1.29, 1.82) is 0 Å². The Kier molecular flexibility index (Phi) is 2.97. The van der Waals surface area contributed by atoms with Crippen LogP contribution in [0.25, 0.3) is 11.0 Å². The van der Waals surface area contributed by atoms with Crippen LogP contribution in [0.4, 0.5) is 0 Å². The molecule has 1 saturated heterocycles. The molecule has 1 aromatic carbocycles. The molecule has 2 heterocycles. The molecule has 3 nitrogen and oxygen atoms in total. The minimum atomic E-state index is 0.136. The number of hydrogen-bond donors (Lipinski definition) is 0. The Bertz CT molecular complexity index is 788. The summed E-state index contributed by atoms with van der Waals surface area (Å²) in [5.41, 5.74) is 2.03. The van der Waals surface area contributed by atoms with E-state index in [-0.39, 0.29) is 11.3 Å². The Labute approximate surface area is 137 Å². The van der Waals surface area contributed by atoms with E-state index in [1.807, 2.05) is 31.2 Å². The first-order chi connectivity index (χ1) is 10.8. The number of rotatable bonds is 1. The molecule has 0 radical (unpaired) electrons.